The molecule has 3 rings (SSSR count). The smallest absolute Gasteiger partial charge is 0.236 e. The van der Waals surface area contributed by atoms with E-state index in [1.807, 2.05) is 24.3 Å². The second kappa shape index (κ2) is 6.47. The molecule has 0 radical (unpaired) electrons. The number of para-hydroxylation sites is 1. The molecule has 2 amide bonds. The van der Waals surface area contributed by atoms with Gasteiger partial charge in [0.2, 0.25) is 11.8 Å². The number of nitrogens with one attached hydrogen (secondary N) is 1. The molecule has 2 aromatic rings. The van der Waals surface area contributed by atoms with Crippen molar-refractivity contribution in [2.45, 2.75) is 25.8 Å². The Kier molecular flexibility index (Phi) is 4.23. The van der Waals surface area contributed by atoms with E-state index in [1.54, 1.807) is 23.3 Å². The van der Waals surface area contributed by atoms with Gasteiger partial charge in [-0.2, -0.15) is 0 Å². The molecular weight excluding hydrogens is 280 g/mol. The molecule has 5 heteroatoms. The van der Waals surface area contributed by atoms with Crippen molar-refractivity contribution < 1.29 is 14.0 Å². The first-order chi connectivity index (χ1) is 10.7. The van der Waals surface area contributed by atoms with Gasteiger partial charge in [0, 0.05) is 12.2 Å². The molecule has 2 heterocycles. The number of hydrogen-bond acceptors (Lipinski definition) is 3. The Balaban J connectivity index is 1.59. The molecule has 22 heavy (non-hydrogen) atoms. The summed E-state index contributed by atoms with van der Waals surface area (Å²) in [6.45, 7) is 0.969. The van der Waals surface area contributed by atoms with E-state index < -0.39 is 0 Å². The maximum absolute atomic E-state index is 12.4. The first-order valence-electron chi connectivity index (χ1n) is 7.41. The number of nitrogens with zero attached hydrogens (tertiary/aromatic N) is 1. The molecule has 1 aromatic heterocycles. The summed E-state index contributed by atoms with van der Waals surface area (Å²) in [5.41, 5.74) is 2.09. The van der Waals surface area contributed by atoms with Crippen molar-refractivity contribution in [2.75, 3.05) is 11.4 Å². The molecule has 1 aliphatic heterocycles. The maximum atomic E-state index is 12.4. The van der Waals surface area contributed by atoms with Crippen LogP contribution in [0.3, 0.4) is 0 Å². The van der Waals surface area contributed by atoms with E-state index in [1.165, 1.54) is 0 Å². The van der Waals surface area contributed by atoms with Crippen LogP contribution in [0.1, 0.15) is 24.2 Å². The number of benzene rings is 1. The van der Waals surface area contributed by atoms with E-state index in [0.29, 0.717) is 18.8 Å². The van der Waals surface area contributed by atoms with Crippen LogP contribution in [0.4, 0.5) is 5.69 Å². The van der Waals surface area contributed by atoms with Gasteiger partial charge in [-0.15, -0.1) is 0 Å². The number of hydrogen-bond donors (Lipinski definition) is 1. The van der Waals surface area contributed by atoms with Crippen molar-refractivity contribution in [1.82, 2.24) is 5.32 Å². The zero-order valence-electron chi connectivity index (χ0n) is 12.2. The summed E-state index contributed by atoms with van der Waals surface area (Å²) in [7, 11) is 0. The molecule has 0 spiro atoms. The van der Waals surface area contributed by atoms with Crippen molar-refractivity contribution in [1.29, 1.82) is 0 Å². The highest BCUT2D eigenvalue weighted by atomic mass is 16.3. The number of anilines is 1. The fourth-order valence-corrected chi connectivity index (χ4v) is 2.69. The van der Waals surface area contributed by atoms with Crippen molar-refractivity contribution in [3.8, 4) is 0 Å². The molecular formula is C17H18N2O3. The predicted molar refractivity (Wildman–Crippen MR) is 82.3 cm³/mol. The molecule has 1 N–H and O–H groups in total. The van der Waals surface area contributed by atoms with Crippen LogP contribution in [0.2, 0.25) is 0 Å². The van der Waals surface area contributed by atoms with Gasteiger partial charge in [-0.1, -0.05) is 18.2 Å². The van der Waals surface area contributed by atoms with Crippen LogP contribution in [0.15, 0.2) is 47.1 Å². The van der Waals surface area contributed by atoms with Gasteiger partial charge < -0.3 is 14.6 Å². The van der Waals surface area contributed by atoms with Gasteiger partial charge in [0.1, 0.15) is 12.2 Å². The largest absolute Gasteiger partial charge is 0.467 e. The Morgan fingerprint density at radius 1 is 1.18 bits per heavy atom. The lowest BCUT2D eigenvalue weighted by Gasteiger charge is -2.29. The van der Waals surface area contributed by atoms with Crippen LogP contribution >= 0.6 is 0 Å². The third-order valence-corrected chi connectivity index (χ3v) is 3.76. The summed E-state index contributed by atoms with van der Waals surface area (Å²) < 4.78 is 5.14. The maximum Gasteiger partial charge on any atom is 0.236 e. The lowest BCUT2D eigenvalue weighted by Crippen LogP contribution is -2.38. The highest BCUT2D eigenvalue weighted by Gasteiger charge is 2.23. The summed E-state index contributed by atoms with van der Waals surface area (Å²) in [6, 6.07) is 11.4. The summed E-state index contributed by atoms with van der Waals surface area (Å²) in [5, 5.41) is 2.70. The Hall–Kier alpha value is -2.56. The average molecular weight is 298 g/mol. The van der Waals surface area contributed by atoms with E-state index >= 15 is 0 Å². The van der Waals surface area contributed by atoms with Crippen molar-refractivity contribution >= 4 is 17.5 Å². The second-order valence-electron chi connectivity index (χ2n) is 5.31. The molecule has 1 aromatic carbocycles. The molecule has 5 nitrogen and oxygen atoms in total. The molecule has 0 aliphatic carbocycles. The van der Waals surface area contributed by atoms with Crippen LogP contribution in [0.5, 0.6) is 0 Å². The van der Waals surface area contributed by atoms with Gasteiger partial charge in [-0.05, 0) is 36.6 Å². The van der Waals surface area contributed by atoms with Gasteiger partial charge in [0.15, 0.2) is 0 Å². The number of rotatable bonds is 4. The van der Waals surface area contributed by atoms with Gasteiger partial charge >= 0.3 is 0 Å². The molecule has 1 aliphatic rings. The van der Waals surface area contributed by atoms with Crippen LogP contribution in [-0.2, 0) is 22.6 Å². The number of carbonyl (C=O) groups excluding carboxylic acids is 2. The van der Waals surface area contributed by atoms with Gasteiger partial charge in [0.25, 0.3) is 0 Å². The van der Waals surface area contributed by atoms with E-state index in [-0.39, 0.29) is 18.2 Å². The Morgan fingerprint density at radius 3 is 2.86 bits per heavy atom. The van der Waals surface area contributed by atoms with Crippen LogP contribution < -0.4 is 10.2 Å². The predicted octanol–water partition coefficient (Wildman–Crippen LogP) is 2.27. The number of amides is 2. The molecule has 114 valence electrons. The molecule has 0 saturated carbocycles. The quantitative estimate of drug-likeness (QED) is 0.881. The first-order valence-corrected chi connectivity index (χ1v) is 7.41. The molecule has 0 saturated heterocycles. The fraction of sp³-hybridized carbons (Fsp3) is 0.294. The molecule has 0 bridgehead atoms. The van der Waals surface area contributed by atoms with Gasteiger partial charge in [0.05, 0.1) is 12.8 Å². The number of furan rings is 1. The minimum Gasteiger partial charge on any atom is -0.467 e. The third kappa shape index (κ3) is 3.19. The lowest BCUT2D eigenvalue weighted by molar-refractivity contribution is -0.128. The minimum absolute atomic E-state index is 0.144. The normalized spacial score (nSPS) is 13.5. The Bertz CT molecular complexity index is 664. The Labute approximate surface area is 128 Å². The minimum atomic E-state index is -0.288. The molecule has 0 atom stereocenters. The van der Waals surface area contributed by atoms with Crippen LogP contribution in [0.25, 0.3) is 0 Å². The number of carbonyl (C=O) groups is 2. The van der Waals surface area contributed by atoms with Crippen molar-refractivity contribution in [3.05, 3.63) is 54.0 Å². The molecule has 0 fully saturated rings. The summed E-state index contributed by atoms with van der Waals surface area (Å²) >= 11 is 0. The van der Waals surface area contributed by atoms with E-state index in [2.05, 4.69) is 5.32 Å². The Morgan fingerprint density at radius 2 is 2.05 bits per heavy atom. The SMILES string of the molecule is O=C(CC(=O)N1CCCc2ccccc21)NCc1ccco1. The zero-order valence-corrected chi connectivity index (χ0v) is 12.2. The van der Waals surface area contributed by atoms with E-state index in [9.17, 15) is 9.59 Å². The summed E-state index contributed by atoms with van der Waals surface area (Å²) in [4.78, 5) is 26.0. The van der Waals surface area contributed by atoms with Gasteiger partial charge in [-0.25, -0.2) is 0 Å². The van der Waals surface area contributed by atoms with Crippen LogP contribution in [-0.4, -0.2) is 18.4 Å². The van der Waals surface area contributed by atoms with E-state index in [4.69, 9.17) is 4.42 Å². The highest BCUT2D eigenvalue weighted by Crippen LogP contribution is 2.27. The summed E-state index contributed by atoms with van der Waals surface area (Å²) in [5.74, 6) is 0.220. The van der Waals surface area contributed by atoms with E-state index in [0.717, 1.165) is 24.1 Å². The number of aryl methyl sites for hydroxylation is 1. The summed E-state index contributed by atoms with van der Waals surface area (Å²) in [6.07, 6.45) is 3.31. The fourth-order valence-electron chi connectivity index (χ4n) is 2.69. The average Bonchev–Trinajstić information content (AvgIpc) is 3.06. The molecule has 0 unspecified atom stereocenters. The zero-order chi connectivity index (χ0) is 15.4. The standard InChI is InChI=1S/C17H18N2O3/c20-16(18-12-14-7-4-10-22-14)11-17(21)19-9-3-6-13-5-1-2-8-15(13)19/h1-2,4-5,7-8,10H,3,6,9,11-12H2,(H,18,20). The van der Waals surface area contributed by atoms with Crippen molar-refractivity contribution in [2.24, 2.45) is 0 Å². The third-order valence-electron chi connectivity index (χ3n) is 3.76. The highest BCUT2D eigenvalue weighted by molar-refractivity contribution is 6.05. The second-order valence-corrected chi connectivity index (χ2v) is 5.31. The van der Waals surface area contributed by atoms with Gasteiger partial charge in [-0.3, -0.25) is 9.59 Å². The first kappa shape index (κ1) is 14.4. The lowest BCUT2D eigenvalue weighted by atomic mass is 10.0. The van der Waals surface area contributed by atoms with Crippen molar-refractivity contribution in [3.63, 3.8) is 0 Å². The monoisotopic (exact) mass is 298 g/mol. The topological polar surface area (TPSA) is 62.6 Å². The van der Waals surface area contributed by atoms with Crippen LogP contribution in [0, 0.1) is 0 Å². The number of fused-ring (bicyclic) bond motifs is 1.